The van der Waals surface area contributed by atoms with Gasteiger partial charge in [-0.3, -0.25) is 4.57 Å². The monoisotopic (exact) mass is 807 g/mol. The maximum Gasteiger partial charge on any atom is 0.351 e. The highest BCUT2D eigenvalue weighted by Crippen LogP contribution is 2.51. The van der Waals surface area contributed by atoms with Gasteiger partial charge in [-0.15, -0.1) is 0 Å². The molecule has 1 N–H and O–H groups in total. The molecule has 1 aliphatic rings. The molecule has 0 amide bonds. The molecule has 1 aliphatic heterocycles. The van der Waals surface area contributed by atoms with E-state index in [0.717, 1.165) is 26.8 Å². The Morgan fingerprint density at radius 3 is 2.03 bits per heavy atom. The molecule has 1 saturated heterocycles. The van der Waals surface area contributed by atoms with E-state index < -0.39 is 44.4 Å². The third kappa shape index (κ3) is 9.81. The van der Waals surface area contributed by atoms with Gasteiger partial charge in [-0.2, -0.15) is 10.2 Å². The lowest BCUT2D eigenvalue weighted by atomic mass is 9.80. The van der Waals surface area contributed by atoms with E-state index in [0.29, 0.717) is 18.1 Å². The van der Waals surface area contributed by atoms with Gasteiger partial charge in [-0.25, -0.2) is 13.9 Å². The van der Waals surface area contributed by atoms with Gasteiger partial charge in [0.1, 0.15) is 29.4 Å². The van der Waals surface area contributed by atoms with Crippen LogP contribution in [0.1, 0.15) is 62.6 Å². The summed E-state index contributed by atoms with van der Waals surface area (Å²) in [5, 5.41) is 12.5. The average molecular weight is 808 g/mol. The largest absolute Gasteiger partial charge is 0.497 e. The lowest BCUT2D eigenvalue weighted by molar-refractivity contribution is -0.0934. The number of hydrogen-bond acceptors (Lipinski definition) is 10. The predicted molar refractivity (Wildman–Crippen MR) is 223 cm³/mol. The molecule has 1 fully saturated rings. The van der Waals surface area contributed by atoms with Gasteiger partial charge >= 0.3 is 5.69 Å². The summed E-state index contributed by atoms with van der Waals surface area (Å²) in [7, 11) is -0.289. The van der Waals surface area contributed by atoms with Crippen LogP contribution in [-0.4, -0.2) is 65.0 Å². The first-order valence-corrected chi connectivity index (χ1v) is 20.6. The third-order valence-electron chi connectivity index (χ3n) is 9.88. The molecular weight excluding hydrogens is 756 g/mol. The predicted octanol–water partition coefficient (Wildman–Crippen LogP) is 8.77. The Labute approximate surface area is 341 Å². The van der Waals surface area contributed by atoms with E-state index in [4.69, 9.17) is 23.3 Å². The van der Waals surface area contributed by atoms with Crippen LogP contribution in [0.2, 0.25) is 0 Å². The topological polar surface area (TPSA) is 120 Å². The number of nitrogens with zero attached hydrogens (tertiary/aromatic N) is 4. The molecule has 0 aliphatic carbocycles. The summed E-state index contributed by atoms with van der Waals surface area (Å²) in [4.78, 5) is 17.9. The molecule has 2 unspecified atom stereocenters. The first kappa shape index (κ1) is 42.6. The zero-order valence-corrected chi connectivity index (χ0v) is 34.4. The van der Waals surface area contributed by atoms with Crippen LogP contribution in [-0.2, 0) is 30.7 Å². The number of hydrogen-bond donors (Lipinski definition) is 1. The van der Waals surface area contributed by atoms with Crippen molar-refractivity contribution in [2.24, 2.45) is 0 Å². The average Bonchev–Trinajstić information content (AvgIpc) is 3.54. The second-order valence-electron chi connectivity index (χ2n) is 14.4. The van der Waals surface area contributed by atoms with E-state index in [9.17, 15) is 10.1 Å². The second kappa shape index (κ2) is 20.1. The van der Waals surface area contributed by atoms with Gasteiger partial charge in [0.05, 0.1) is 32.8 Å². The van der Waals surface area contributed by atoms with Crippen LogP contribution in [0.3, 0.4) is 0 Å². The number of benzene rings is 4. The summed E-state index contributed by atoms with van der Waals surface area (Å²) in [6.45, 7) is 8.43. The Morgan fingerprint density at radius 1 is 0.897 bits per heavy atom. The van der Waals surface area contributed by atoms with Gasteiger partial charge in [0.25, 0.3) is 8.53 Å². The maximum atomic E-state index is 17.3. The van der Waals surface area contributed by atoms with Crippen LogP contribution in [0.15, 0.2) is 132 Å². The van der Waals surface area contributed by atoms with Gasteiger partial charge in [0.2, 0.25) is 0 Å². The van der Waals surface area contributed by atoms with Crippen LogP contribution in [0.5, 0.6) is 5.75 Å². The molecule has 2 heterocycles. The van der Waals surface area contributed by atoms with Gasteiger partial charge in [0, 0.05) is 24.8 Å². The van der Waals surface area contributed by atoms with Crippen LogP contribution in [0.4, 0.5) is 10.2 Å². The highest BCUT2D eigenvalue weighted by Gasteiger charge is 2.51. The molecule has 0 bridgehead atoms. The number of nitrogens with one attached hydrogen (secondary N) is 1. The van der Waals surface area contributed by atoms with Crippen molar-refractivity contribution in [3.8, 4) is 11.8 Å². The molecule has 4 aromatic carbocycles. The van der Waals surface area contributed by atoms with Crippen molar-refractivity contribution in [1.82, 2.24) is 14.2 Å². The van der Waals surface area contributed by atoms with Gasteiger partial charge < -0.3 is 28.6 Å². The van der Waals surface area contributed by atoms with Crippen molar-refractivity contribution in [1.29, 1.82) is 5.26 Å². The van der Waals surface area contributed by atoms with Crippen LogP contribution < -0.4 is 15.7 Å². The minimum Gasteiger partial charge on any atom is -0.497 e. The number of methoxy groups -OCH3 is 1. The Kier molecular flexibility index (Phi) is 14.8. The fourth-order valence-electron chi connectivity index (χ4n) is 7.20. The van der Waals surface area contributed by atoms with Crippen LogP contribution in [0.25, 0.3) is 0 Å². The normalized spacial score (nSPS) is 18.7. The summed E-state index contributed by atoms with van der Waals surface area (Å²) in [6, 6.07) is 40.7. The minimum absolute atomic E-state index is 0.0410. The number of aromatic nitrogens is 2. The lowest BCUT2D eigenvalue weighted by Gasteiger charge is -2.39. The van der Waals surface area contributed by atoms with Crippen molar-refractivity contribution < 1.29 is 27.6 Å². The molecule has 304 valence electrons. The van der Waals surface area contributed by atoms with Gasteiger partial charge in [0.15, 0.2) is 12.4 Å². The summed E-state index contributed by atoms with van der Waals surface area (Å²) in [5.41, 5.74) is 1.62. The third-order valence-corrected chi connectivity index (χ3v) is 12.0. The zero-order chi connectivity index (χ0) is 41.1. The summed E-state index contributed by atoms with van der Waals surface area (Å²) in [6.07, 6.45) is -3.90. The first-order valence-electron chi connectivity index (χ1n) is 19.5. The quantitative estimate of drug-likeness (QED) is 0.0493. The van der Waals surface area contributed by atoms with E-state index in [1.54, 1.807) is 13.2 Å². The molecule has 5 aromatic rings. The molecule has 5 atom stereocenters. The van der Waals surface area contributed by atoms with E-state index in [1.165, 1.54) is 6.20 Å². The number of alkyl halides is 1. The van der Waals surface area contributed by atoms with E-state index in [1.807, 2.05) is 148 Å². The van der Waals surface area contributed by atoms with E-state index in [2.05, 4.69) is 16.4 Å². The highest BCUT2D eigenvalue weighted by atomic mass is 31.2. The molecule has 58 heavy (non-hydrogen) atoms. The van der Waals surface area contributed by atoms with Crippen molar-refractivity contribution in [2.75, 3.05) is 25.6 Å². The molecule has 0 spiro atoms. The van der Waals surface area contributed by atoms with Crippen molar-refractivity contribution >= 4 is 14.3 Å². The fourth-order valence-corrected chi connectivity index (χ4v) is 8.96. The SMILES string of the molecule is COc1ccc(C(OC[C@H]2O[C@@H](n3ccc(NCc4ccccc4)nc3=O)C(F)[C@H]2OP(OCCC#N)N(C(C)C)C(C)C)(c2ccccc2)c2ccccc2)cc1. The molecule has 0 radical (unpaired) electrons. The van der Waals surface area contributed by atoms with Gasteiger partial charge in [-0.1, -0.05) is 103 Å². The van der Waals surface area contributed by atoms with E-state index in [-0.39, 0.29) is 31.7 Å². The minimum atomic E-state index is -1.90. The standard InChI is InChI=1S/C45H51FN5O6P/c1-32(2)51(33(3)4)58(55-29-15-27-47)57-42-39(56-43(41(42)46)50-28-26-40(49-44(50)52)48-30-34-16-9-6-10-17-34)31-54-45(35-18-11-7-12-19-35,36-20-13-8-14-21-36)37-22-24-38(53-5)25-23-37/h6-14,16-26,28,32-33,39,41-43H,15,29-31H2,1-5H3,(H,48,49,52)/t39-,41?,42+,43-,58?/m1/s1. The Morgan fingerprint density at radius 2 is 1.48 bits per heavy atom. The maximum absolute atomic E-state index is 17.3. The number of halogens is 1. The summed E-state index contributed by atoms with van der Waals surface area (Å²) >= 11 is 0. The number of nitriles is 1. The molecular formula is C45H51FN5O6P. The molecule has 1 aromatic heterocycles. The summed E-state index contributed by atoms with van der Waals surface area (Å²) in [5.74, 6) is 1.03. The second-order valence-corrected chi connectivity index (χ2v) is 15.8. The Hall–Kier alpha value is -4.99. The first-order chi connectivity index (χ1) is 28.2. The number of ether oxygens (including phenoxy) is 3. The molecule has 11 nitrogen and oxygen atoms in total. The van der Waals surface area contributed by atoms with Crippen LogP contribution in [0, 0.1) is 11.3 Å². The fraction of sp³-hybridized carbons (Fsp3) is 0.356. The summed E-state index contributed by atoms with van der Waals surface area (Å²) < 4.78 is 52.6. The van der Waals surface area contributed by atoms with Crippen molar-refractivity contribution in [2.45, 2.75) is 83.0 Å². The number of anilines is 1. The van der Waals surface area contributed by atoms with Crippen LogP contribution >= 0.6 is 8.53 Å². The zero-order valence-electron chi connectivity index (χ0n) is 33.5. The molecule has 13 heteroatoms. The van der Waals surface area contributed by atoms with Crippen molar-refractivity contribution in [3.05, 3.63) is 160 Å². The number of rotatable bonds is 19. The Bertz CT molecular complexity index is 2070. The molecule has 6 rings (SSSR count). The van der Waals surface area contributed by atoms with E-state index >= 15 is 4.39 Å². The van der Waals surface area contributed by atoms with Gasteiger partial charge in [-0.05, 0) is 68.1 Å². The lowest BCUT2D eigenvalue weighted by Crippen LogP contribution is -2.41. The highest BCUT2D eigenvalue weighted by molar-refractivity contribution is 7.44. The Balaban J connectivity index is 1.39. The van der Waals surface area contributed by atoms with Crippen molar-refractivity contribution in [3.63, 3.8) is 0 Å². The molecule has 0 saturated carbocycles. The smallest absolute Gasteiger partial charge is 0.351 e.